The minimum atomic E-state index is -3.76. The molecular weight excluding hydrogens is 523 g/mol. The van der Waals surface area contributed by atoms with Crippen molar-refractivity contribution in [3.8, 4) is 0 Å². The SMILES string of the molecule is C[C@@H](O)C1C(=O)N2C(C(=O)OCc3ccc([N+](=O)[O-])cc3)=C(OP(=O)(c3ccccc3)c3ccccc3)CC12. The highest BCUT2D eigenvalue weighted by molar-refractivity contribution is 7.74. The molecule has 10 nitrogen and oxygen atoms in total. The summed E-state index contributed by atoms with van der Waals surface area (Å²) in [6.07, 6.45) is -0.877. The summed E-state index contributed by atoms with van der Waals surface area (Å²) >= 11 is 0. The summed E-state index contributed by atoms with van der Waals surface area (Å²) in [7, 11) is -3.76. The Kier molecular flexibility index (Phi) is 7.08. The number of benzene rings is 3. The summed E-state index contributed by atoms with van der Waals surface area (Å²) in [6, 6.07) is 22.2. The molecule has 3 atom stereocenters. The molecule has 11 heteroatoms. The first-order valence-corrected chi connectivity index (χ1v) is 13.9. The monoisotopic (exact) mass is 548 g/mol. The van der Waals surface area contributed by atoms with E-state index in [4.69, 9.17) is 9.26 Å². The number of amides is 1. The average Bonchev–Trinajstić information content (AvgIpc) is 3.26. The van der Waals surface area contributed by atoms with Gasteiger partial charge in [-0.05, 0) is 48.9 Å². The van der Waals surface area contributed by atoms with E-state index in [1.54, 1.807) is 60.7 Å². The van der Waals surface area contributed by atoms with Crippen molar-refractivity contribution in [2.24, 2.45) is 5.92 Å². The van der Waals surface area contributed by atoms with Gasteiger partial charge in [-0.15, -0.1) is 0 Å². The number of β-lactam (4-membered cyclic amide) rings is 1. The van der Waals surface area contributed by atoms with E-state index in [1.165, 1.54) is 36.1 Å². The maximum atomic E-state index is 14.5. The van der Waals surface area contributed by atoms with E-state index in [0.29, 0.717) is 16.2 Å². The van der Waals surface area contributed by atoms with Gasteiger partial charge in [-0.1, -0.05) is 36.4 Å². The van der Waals surface area contributed by atoms with Crippen LogP contribution in [0.2, 0.25) is 0 Å². The Morgan fingerprint density at radius 1 is 1.05 bits per heavy atom. The van der Waals surface area contributed by atoms with E-state index in [9.17, 15) is 29.4 Å². The number of fused-ring (bicyclic) bond motifs is 1. The summed E-state index contributed by atoms with van der Waals surface area (Å²) in [4.78, 5) is 37.9. The van der Waals surface area contributed by atoms with Crippen LogP contribution < -0.4 is 10.6 Å². The van der Waals surface area contributed by atoms with E-state index in [2.05, 4.69) is 0 Å². The molecule has 0 aliphatic carbocycles. The highest BCUT2D eigenvalue weighted by atomic mass is 31.2. The van der Waals surface area contributed by atoms with Gasteiger partial charge in [0.05, 0.1) is 33.6 Å². The van der Waals surface area contributed by atoms with Crippen LogP contribution in [0.1, 0.15) is 18.9 Å². The van der Waals surface area contributed by atoms with Crippen molar-refractivity contribution >= 4 is 35.5 Å². The molecule has 3 aromatic carbocycles. The molecule has 39 heavy (non-hydrogen) atoms. The van der Waals surface area contributed by atoms with Gasteiger partial charge in [-0.2, -0.15) is 0 Å². The van der Waals surface area contributed by atoms with Crippen LogP contribution in [0.3, 0.4) is 0 Å². The summed E-state index contributed by atoms with van der Waals surface area (Å²) < 4.78 is 26.2. The van der Waals surface area contributed by atoms with Gasteiger partial charge in [0, 0.05) is 18.6 Å². The fourth-order valence-corrected chi connectivity index (χ4v) is 7.00. The predicted octanol–water partition coefficient (Wildman–Crippen LogP) is 3.41. The molecule has 1 saturated heterocycles. The second kappa shape index (κ2) is 10.5. The maximum absolute atomic E-state index is 14.5. The van der Waals surface area contributed by atoms with Crippen LogP contribution in [0.15, 0.2) is 96.4 Å². The number of hydrogen-bond acceptors (Lipinski definition) is 8. The third-order valence-electron chi connectivity index (χ3n) is 6.83. The molecule has 2 heterocycles. The summed E-state index contributed by atoms with van der Waals surface area (Å²) in [5, 5.41) is 21.9. The molecule has 1 amide bonds. The van der Waals surface area contributed by atoms with Crippen molar-refractivity contribution in [3.05, 3.63) is 112 Å². The Morgan fingerprint density at radius 2 is 1.62 bits per heavy atom. The summed E-state index contributed by atoms with van der Waals surface area (Å²) in [6.45, 7) is 1.29. The zero-order chi connectivity index (χ0) is 27.7. The molecule has 0 saturated carbocycles. The van der Waals surface area contributed by atoms with Crippen LogP contribution in [0.4, 0.5) is 5.69 Å². The fourth-order valence-electron chi connectivity index (χ4n) is 4.89. The smallest absolute Gasteiger partial charge is 0.358 e. The molecule has 0 aromatic heterocycles. The first-order chi connectivity index (χ1) is 18.7. The molecule has 5 rings (SSSR count). The Balaban J connectivity index is 1.49. The van der Waals surface area contributed by atoms with Crippen LogP contribution in [0.25, 0.3) is 0 Å². The first kappa shape index (κ1) is 26.3. The molecule has 2 aliphatic rings. The van der Waals surface area contributed by atoms with Crippen molar-refractivity contribution in [2.75, 3.05) is 0 Å². The Labute approximate surface area is 224 Å². The molecule has 200 valence electrons. The standard InChI is InChI=1S/C28H25N2O8P/c1-18(31)25-23-16-24(38-39(36,21-8-4-2-5-9-21)22-10-6-3-7-11-22)26(29(23)27(25)32)28(33)37-17-19-12-14-20(15-13-19)30(34)35/h2-15,18,23,25,31H,16-17H2,1H3/t18-,23?,25?/m1/s1. The van der Waals surface area contributed by atoms with Crippen LogP contribution in [0, 0.1) is 16.0 Å². The van der Waals surface area contributed by atoms with Gasteiger partial charge in [0.25, 0.3) is 5.69 Å². The number of esters is 1. The van der Waals surface area contributed by atoms with Gasteiger partial charge in [-0.25, -0.2) is 4.79 Å². The molecule has 0 spiro atoms. The second-order valence-corrected chi connectivity index (χ2v) is 11.6. The number of non-ortho nitro benzene ring substituents is 1. The number of carbonyl (C=O) groups excluding carboxylic acids is 2. The molecule has 2 aliphatic heterocycles. The molecular formula is C28H25N2O8P. The zero-order valence-corrected chi connectivity index (χ0v) is 21.8. The molecule has 1 fully saturated rings. The molecule has 0 radical (unpaired) electrons. The lowest BCUT2D eigenvalue weighted by atomic mass is 9.83. The highest BCUT2D eigenvalue weighted by Crippen LogP contribution is 2.53. The highest BCUT2D eigenvalue weighted by Gasteiger charge is 2.58. The van der Waals surface area contributed by atoms with Crippen molar-refractivity contribution in [3.63, 3.8) is 0 Å². The second-order valence-electron chi connectivity index (χ2n) is 9.33. The third-order valence-corrected chi connectivity index (χ3v) is 9.26. The normalized spacial score (nSPS) is 19.2. The van der Waals surface area contributed by atoms with Gasteiger partial charge in [0.2, 0.25) is 5.91 Å². The average molecular weight is 548 g/mol. The number of hydrogen-bond donors (Lipinski definition) is 1. The van der Waals surface area contributed by atoms with Gasteiger partial charge in [-0.3, -0.25) is 24.4 Å². The lowest BCUT2D eigenvalue weighted by molar-refractivity contribution is -0.384. The third kappa shape index (κ3) is 4.84. The first-order valence-electron chi connectivity index (χ1n) is 12.3. The number of nitro benzene ring substituents is 1. The molecule has 2 unspecified atom stereocenters. The van der Waals surface area contributed by atoms with E-state index in [-0.39, 0.29) is 30.2 Å². The minimum Gasteiger partial charge on any atom is -0.456 e. The Morgan fingerprint density at radius 3 is 2.13 bits per heavy atom. The van der Waals surface area contributed by atoms with Crippen molar-refractivity contribution in [2.45, 2.75) is 32.1 Å². The lowest BCUT2D eigenvalue weighted by Crippen LogP contribution is -2.61. The number of aliphatic hydroxyl groups excluding tert-OH is 1. The van der Waals surface area contributed by atoms with Gasteiger partial charge in [0.15, 0.2) is 5.70 Å². The van der Waals surface area contributed by atoms with E-state index in [0.717, 1.165) is 0 Å². The van der Waals surface area contributed by atoms with Crippen LogP contribution >= 0.6 is 7.37 Å². The van der Waals surface area contributed by atoms with Gasteiger partial charge >= 0.3 is 13.3 Å². The van der Waals surface area contributed by atoms with E-state index < -0.39 is 42.2 Å². The van der Waals surface area contributed by atoms with Gasteiger partial charge in [0.1, 0.15) is 12.4 Å². The number of ether oxygens (including phenoxy) is 1. The number of carbonyl (C=O) groups is 2. The van der Waals surface area contributed by atoms with Crippen LogP contribution in [-0.2, 0) is 30.0 Å². The maximum Gasteiger partial charge on any atom is 0.358 e. The number of rotatable bonds is 9. The van der Waals surface area contributed by atoms with E-state index in [1.807, 2.05) is 0 Å². The van der Waals surface area contributed by atoms with Crippen molar-refractivity contribution < 1.29 is 33.4 Å². The van der Waals surface area contributed by atoms with Crippen LogP contribution in [-0.4, -0.2) is 39.0 Å². The predicted molar refractivity (Wildman–Crippen MR) is 141 cm³/mol. The largest absolute Gasteiger partial charge is 0.456 e. The number of aliphatic hydroxyl groups is 1. The summed E-state index contributed by atoms with van der Waals surface area (Å²) in [5.41, 5.74) is 0.244. The molecule has 3 aromatic rings. The Hall–Kier alpha value is -4.27. The minimum absolute atomic E-state index is 0.0428. The summed E-state index contributed by atoms with van der Waals surface area (Å²) in [5.74, 6) is -2.02. The number of nitrogens with zero attached hydrogens (tertiary/aromatic N) is 2. The van der Waals surface area contributed by atoms with Crippen molar-refractivity contribution in [1.82, 2.24) is 4.90 Å². The number of nitro groups is 1. The van der Waals surface area contributed by atoms with Crippen LogP contribution in [0.5, 0.6) is 0 Å². The lowest BCUT2D eigenvalue weighted by Gasteiger charge is -2.44. The molecule has 1 N–H and O–H groups in total. The Bertz CT molecular complexity index is 1450. The van der Waals surface area contributed by atoms with Gasteiger partial charge < -0.3 is 14.4 Å². The quantitative estimate of drug-likeness (QED) is 0.141. The van der Waals surface area contributed by atoms with E-state index >= 15 is 0 Å². The topological polar surface area (TPSA) is 136 Å². The fraction of sp³-hybridized carbons (Fsp3) is 0.214. The zero-order valence-electron chi connectivity index (χ0n) is 20.9. The molecule has 0 bridgehead atoms. The van der Waals surface area contributed by atoms with Crippen molar-refractivity contribution in [1.29, 1.82) is 0 Å².